The van der Waals surface area contributed by atoms with Crippen LogP contribution in [-0.2, 0) is 7.05 Å². The Morgan fingerprint density at radius 3 is 2.56 bits per heavy atom. The highest BCUT2D eigenvalue weighted by Crippen LogP contribution is 2.37. The molecule has 0 saturated heterocycles. The lowest BCUT2D eigenvalue weighted by Crippen LogP contribution is -1.93. The molecule has 0 saturated carbocycles. The lowest BCUT2D eigenvalue weighted by Gasteiger charge is -2.03. The SMILES string of the molecule is Cc1nc2ccc(-c3cnn(C)c3)cn2c1-c1nc(-c2ccccc2)c(C2=NCC=N2)s1. The van der Waals surface area contributed by atoms with Gasteiger partial charge in [-0.15, -0.1) is 11.3 Å². The van der Waals surface area contributed by atoms with Crippen molar-refractivity contribution in [3.05, 3.63) is 71.6 Å². The van der Waals surface area contributed by atoms with Crippen LogP contribution in [0.2, 0.25) is 0 Å². The number of imidazole rings is 1. The van der Waals surface area contributed by atoms with Crippen LogP contribution in [0.5, 0.6) is 0 Å². The number of thiazole rings is 1. The van der Waals surface area contributed by atoms with Gasteiger partial charge in [0.05, 0.1) is 29.0 Å². The highest BCUT2D eigenvalue weighted by atomic mass is 32.1. The van der Waals surface area contributed by atoms with Gasteiger partial charge in [-0.05, 0) is 19.1 Å². The Morgan fingerprint density at radius 2 is 1.81 bits per heavy atom. The highest BCUT2D eigenvalue weighted by Gasteiger charge is 2.23. The van der Waals surface area contributed by atoms with E-state index in [4.69, 9.17) is 9.97 Å². The molecule has 0 radical (unpaired) electrons. The van der Waals surface area contributed by atoms with Crippen LogP contribution >= 0.6 is 11.3 Å². The van der Waals surface area contributed by atoms with E-state index in [1.54, 1.807) is 11.3 Å². The molecule has 0 aliphatic carbocycles. The number of aromatic nitrogens is 5. The molecule has 6 rings (SSSR count). The molecule has 8 heteroatoms. The molecule has 4 aromatic heterocycles. The summed E-state index contributed by atoms with van der Waals surface area (Å²) in [7, 11) is 1.92. The molecule has 1 aliphatic rings. The molecule has 0 spiro atoms. The molecule has 0 unspecified atom stereocenters. The van der Waals surface area contributed by atoms with Gasteiger partial charge in [0.2, 0.25) is 0 Å². The Morgan fingerprint density at radius 1 is 0.938 bits per heavy atom. The van der Waals surface area contributed by atoms with Crippen molar-refractivity contribution in [2.45, 2.75) is 6.92 Å². The zero-order valence-electron chi connectivity index (χ0n) is 17.6. The summed E-state index contributed by atoms with van der Waals surface area (Å²) in [5.74, 6) is 0.745. The maximum atomic E-state index is 5.07. The van der Waals surface area contributed by atoms with Crippen LogP contribution < -0.4 is 0 Å². The molecule has 0 fully saturated rings. The van der Waals surface area contributed by atoms with Crippen LogP contribution in [0, 0.1) is 6.92 Å². The number of fused-ring (bicyclic) bond motifs is 1. The quantitative estimate of drug-likeness (QED) is 0.410. The van der Waals surface area contributed by atoms with Gasteiger partial charge in [0.25, 0.3) is 0 Å². The average molecular weight is 438 g/mol. The molecule has 0 N–H and O–H groups in total. The summed E-state index contributed by atoms with van der Waals surface area (Å²) >= 11 is 1.61. The second-order valence-electron chi connectivity index (χ2n) is 7.63. The lowest BCUT2D eigenvalue weighted by atomic mass is 10.1. The van der Waals surface area contributed by atoms with Crippen LogP contribution in [0.25, 0.3) is 38.7 Å². The van der Waals surface area contributed by atoms with Crippen LogP contribution in [0.3, 0.4) is 0 Å². The minimum absolute atomic E-state index is 0.611. The first-order valence-electron chi connectivity index (χ1n) is 10.3. The molecule has 0 atom stereocenters. The first-order chi connectivity index (χ1) is 15.7. The van der Waals surface area contributed by atoms with Crippen molar-refractivity contribution >= 4 is 29.0 Å². The van der Waals surface area contributed by atoms with Gasteiger partial charge in [-0.2, -0.15) is 5.10 Å². The van der Waals surface area contributed by atoms with E-state index >= 15 is 0 Å². The maximum absolute atomic E-state index is 5.07. The summed E-state index contributed by atoms with van der Waals surface area (Å²) in [6, 6.07) is 14.3. The largest absolute Gasteiger partial charge is 0.297 e. The van der Waals surface area contributed by atoms with Crippen LogP contribution in [0.4, 0.5) is 0 Å². The Labute approximate surface area is 188 Å². The molecule has 0 bridgehead atoms. The van der Waals surface area contributed by atoms with Gasteiger partial charge in [0, 0.05) is 42.3 Å². The smallest absolute Gasteiger partial charge is 0.167 e. The molecule has 0 amide bonds. The zero-order valence-corrected chi connectivity index (χ0v) is 18.4. The molecule has 32 heavy (non-hydrogen) atoms. The van der Waals surface area contributed by atoms with E-state index in [0.717, 1.165) is 55.1 Å². The van der Waals surface area contributed by atoms with Crippen LogP contribution in [0.1, 0.15) is 10.6 Å². The topological polar surface area (TPSA) is 72.7 Å². The van der Waals surface area contributed by atoms with E-state index in [-0.39, 0.29) is 0 Å². The molecule has 7 nitrogen and oxygen atoms in total. The van der Waals surface area contributed by atoms with Crippen LogP contribution in [0.15, 0.2) is 71.0 Å². The second kappa shape index (κ2) is 7.35. The first-order valence-corrected chi connectivity index (χ1v) is 11.1. The van der Waals surface area contributed by atoms with Crippen molar-refractivity contribution in [1.82, 2.24) is 24.1 Å². The normalized spacial score (nSPS) is 13.2. The van der Waals surface area contributed by atoms with Crippen molar-refractivity contribution in [1.29, 1.82) is 0 Å². The van der Waals surface area contributed by atoms with Crippen molar-refractivity contribution < 1.29 is 0 Å². The Bertz CT molecular complexity index is 1520. The fourth-order valence-corrected chi connectivity index (χ4v) is 5.09. The summed E-state index contributed by atoms with van der Waals surface area (Å²) in [6.45, 7) is 2.64. The van der Waals surface area contributed by atoms with Gasteiger partial charge in [-0.3, -0.25) is 14.1 Å². The Kier molecular flexibility index (Phi) is 4.32. The number of hydrogen-bond donors (Lipinski definition) is 0. The minimum Gasteiger partial charge on any atom is -0.297 e. The molecular formula is C24H19N7S. The van der Waals surface area contributed by atoms with Crippen molar-refractivity contribution in [2.24, 2.45) is 17.0 Å². The number of aliphatic imine (C=N–C) groups is 2. The van der Waals surface area contributed by atoms with E-state index in [1.165, 1.54) is 0 Å². The summed E-state index contributed by atoms with van der Waals surface area (Å²) < 4.78 is 3.93. The van der Waals surface area contributed by atoms with Gasteiger partial charge in [-0.25, -0.2) is 15.0 Å². The summed E-state index contributed by atoms with van der Waals surface area (Å²) in [4.78, 5) is 19.9. The lowest BCUT2D eigenvalue weighted by molar-refractivity contribution is 0.768. The summed E-state index contributed by atoms with van der Waals surface area (Å²) in [5.41, 5.74) is 6.91. The van der Waals surface area contributed by atoms with Crippen molar-refractivity contribution in [2.75, 3.05) is 6.54 Å². The van der Waals surface area contributed by atoms with Gasteiger partial charge in [0.15, 0.2) is 5.84 Å². The molecule has 1 aromatic carbocycles. The first kappa shape index (κ1) is 18.8. The Balaban J connectivity index is 1.56. The van der Waals surface area contributed by atoms with E-state index in [1.807, 2.05) is 61.5 Å². The molecule has 156 valence electrons. The van der Waals surface area contributed by atoms with Crippen molar-refractivity contribution in [3.8, 4) is 33.1 Å². The number of hydrogen-bond acceptors (Lipinski definition) is 6. The number of nitrogens with zero attached hydrogens (tertiary/aromatic N) is 7. The number of pyridine rings is 1. The number of benzene rings is 1. The highest BCUT2D eigenvalue weighted by molar-refractivity contribution is 7.17. The zero-order chi connectivity index (χ0) is 21.7. The van der Waals surface area contributed by atoms with E-state index < -0.39 is 0 Å². The maximum Gasteiger partial charge on any atom is 0.167 e. The molecule has 5 aromatic rings. The standard InChI is InChI=1S/C24H19N7S/c1-15-21(31-14-17(8-9-19(31)28-15)18-12-27-30(2)13-18)24-29-20(16-6-4-3-5-7-16)22(32-24)23-25-10-11-26-23/h3-10,12-14H,11H2,1-2H3. The van der Waals surface area contributed by atoms with Gasteiger partial charge in [-0.1, -0.05) is 30.3 Å². The fraction of sp³-hybridized carbons (Fsp3) is 0.125. The van der Waals surface area contributed by atoms with Gasteiger partial charge < -0.3 is 0 Å². The monoisotopic (exact) mass is 437 g/mol. The predicted molar refractivity (Wildman–Crippen MR) is 129 cm³/mol. The molecule has 1 aliphatic heterocycles. The number of rotatable bonds is 4. The third-order valence-corrected chi connectivity index (χ3v) is 6.51. The Hall–Kier alpha value is -3.91. The van der Waals surface area contributed by atoms with Gasteiger partial charge >= 0.3 is 0 Å². The van der Waals surface area contributed by atoms with E-state index in [0.29, 0.717) is 6.54 Å². The second-order valence-corrected chi connectivity index (χ2v) is 8.63. The summed E-state index contributed by atoms with van der Waals surface area (Å²) in [6.07, 6.45) is 7.82. The van der Waals surface area contributed by atoms with Crippen LogP contribution in [-0.4, -0.2) is 42.7 Å². The fourth-order valence-electron chi connectivity index (χ4n) is 3.95. The number of aryl methyl sites for hydroxylation is 2. The minimum atomic E-state index is 0.611. The van der Waals surface area contributed by atoms with Gasteiger partial charge in [0.1, 0.15) is 16.3 Å². The molecular weight excluding hydrogens is 418 g/mol. The average Bonchev–Trinajstić information content (AvgIpc) is 3.59. The summed E-state index contributed by atoms with van der Waals surface area (Å²) in [5, 5.41) is 5.21. The van der Waals surface area contributed by atoms with E-state index in [2.05, 4.69) is 43.9 Å². The van der Waals surface area contributed by atoms with E-state index in [9.17, 15) is 0 Å². The molecule has 5 heterocycles. The third kappa shape index (κ3) is 3.07. The number of amidine groups is 1. The third-order valence-electron chi connectivity index (χ3n) is 5.45. The van der Waals surface area contributed by atoms with Crippen molar-refractivity contribution in [3.63, 3.8) is 0 Å². The predicted octanol–water partition coefficient (Wildman–Crippen LogP) is 4.66.